The number of aromatic nitrogens is 2. The maximum Gasteiger partial charge on any atom is 0.303 e. The van der Waals surface area contributed by atoms with Gasteiger partial charge in [0, 0.05) is 11.8 Å². The molecule has 4 rings (SSSR count). The van der Waals surface area contributed by atoms with E-state index in [1.54, 1.807) is 20.0 Å². The monoisotopic (exact) mass is 442 g/mol. The third-order valence-corrected chi connectivity index (χ3v) is 6.94. The lowest BCUT2D eigenvalue weighted by Gasteiger charge is -2.23. The van der Waals surface area contributed by atoms with Crippen molar-refractivity contribution in [2.75, 3.05) is 0 Å². The summed E-state index contributed by atoms with van der Waals surface area (Å²) in [6, 6.07) is 12.5. The lowest BCUT2D eigenvalue weighted by molar-refractivity contribution is -0.138. The number of aliphatic carboxylic acids is 1. The van der Waals surface area contributed by atoms with Crippen molar-refractivity contribution in [2.45, 2.75) is 55.4 Å². The summed E-state index contributed by atoms with van der Waals surface area (Å²) in [7, 11) is 0. The van der Waals surface area contributed by atoms with E-state index < -0.39 is 10.7 Å². The van der Waals surface area contributed by atoms with Crippen LogP contribution in [0.4, 0.5) is 0 Å². The number of nitrogens with zero attached hydrogens (tertiary/aromatic N) is 2. The molecule has 1 aromatic heterocycles. The number of carboxylic acid groups (broad SMARTS) is 1. The van der Waals surface area contributed by atoms with Crippen molar-refractivity contribution in [1.82, 2.24) is 9.55 Å². The third-order valence-electron chi connectivity index (χ3n) is 5.46. The molecule has 1 fully saturated rings. The summed E-state index contributed by atoms with van der Waals surface area (Å²) in [4.78, 5) is 27.9. The predicted molar refractivity (Wildman–Crippen MR) is 120 cm³/mol. The van der Waals surface area contributed by atoms with Crippen LogP contribution in [0.25, 0.3) is 16.5 Å². The van der Waals surface area contributed by atoms with Crippen molar-refractivity contribution < 1.29 is 14.7 Å². The number of thioether (sulfide) groups is 1. The number of carboxylic acids is 1. The molecule has 1 aliphatic rings. The molecule has 156 valence electrons. The average molecular weight is 443 g/mol. The number of fused-ring (bicyclic) bond motifs is 1. The topological polar surface area (TPSA) is 72.2 Å². The van der Waals surface area contributed by atoms with E-state index in [1.165, 1.54) is 35.6 Å². The number of imidazole rings is 1. The fraction of sp³-hybridized carbons (Fsp3) is 0.348. The fourth-order valence-corrected chi connectivity index (χ4v) is 5.00. The zero-order valence-corrected chi connectivity index (χ0v) is 18.5. The molecule has 0 atom stereocenters. The SMILES string of the molecule is CC(C)(Sc1ncc(Cl)n1-c1ccc(C2CC2)c2ccccc12)C(=O)CCC(=O)O. The lowest BCUT2D eigenvalue weighted by atomic mass is 9.99. The number of ketones is 1. The van der Waals surface area contributed by atoms with Crippen LogP contribution in [0.1, 0.15) is 51.0 Å². The number of Topliss-reactive ketones (excluding diaryl/α,β-unsaturated/α-hetero) is 1. The van der Waals surface area contributed by atoms with Crippen LogP contribution in [0.15, 0.2) is 47.8 Å². The molecule has 3 aromatic rings. The smallest absolute Gasteiger partial charge is 0.303 e. The molecule has 0 amide bonds. The van der Waals surface area contributed by atoms with Crippen LogP contribution >= 0.6 is 23.4 Å². The summed E-state index contributed by atoms with van der Waals surface area (Å²) in [5.74, 6) is -0.479. The van der Waals surface area contributed by atoms with Crippen LogP contribution in [0.5, 0.6) is 0 Å². The molecule has 1 saturated carbocycles. The van der Waals surface area contributed by atoms with Crippen LogP contribution in [0, 0.1) is 0 Å². The molecule has 1 N–H and O–H groups in total. The van der Waals surface area contributed by atoms with Gasteiger partial charge in [-0.1, -0.05) is 53.7 Å². The van der Waals surface area contributed by atoms with Crippen molar-refractivity contribution in [3.8, 4) is 5.69 Å². The Morgan fingerprint density at radius 3 is 2.53 bits per heavy atom. The summed E-state index contributed by atoms with van der Waals surface area (Å²) in [5.41, 5.74) is 2.29. The van der Waals surface area contributed by atoms with E-state index in [0.717, 1.165) is 11.1 Å². The van der Waals surface area contributed by atoms with Crippen LogP contribution in [-0.4, -0.2) is 31.2 Å². The molecule has 1 heterocycles. The van der Waals surface area contributed by atoms with Gasteiger partial charge in [-0.2, -0.15) is 0 Å². The number of halogens is 1. The molecule has 5 nitrogen and oxygen atoms in total. The van der Waals surface area contributed by atoms with Gasteiger partial charge >= 0.3 is 5.97 Å². The highest BCUT2D eigenvalue weighted by Gasteiger charge is 2.32. The van der Waals surface area contributed by atoms with Gasteiger partial charge in [-0.05, 0) is 49.6 Å². The quantitative estimate of drug-likeness (QED) is 0.442. The highest BCUT2D eigenvalue weighted by Crippen LogP contribution is 2.45. The number of benzene rings is 2. The van der Waals surface area contributed by atoms with Crippen LogP contribution in [0.2, 0.25) is 5.15 Å². The average Bonchev–Trinajstić information content (AvgIpc) is 3.49. The van der Waals surface area contributed by atoms with Gasteiger partial charge in [0.05, 0.1) is 23.1 Å². The molecule has 0 bridgehead atoms. The minimum Gasteiger partial charge on any atom is -0.481 e. The molecule has 2 aromatic carbocycles. The normalized spacial score (nSPS) is 14.2. The van der Waals surface area contributed by atoms with Gasteiger partial charge in [-0.3, -0.25) is 14.2 Å². The van der Waals surface area contributed by atoms with E-state index in [4.69, 9.17) is 16.7 Å². The number of hydrogen-bond acceptors (Lipinski definition) is 4. The van der Waals surface area contributed by atoms with E-state index in [-0.39, 0.29) is 18.6 Å². The molecule has 30 heavy (non-hydrogen) atoms. The summed E-state index contributed by atoms with van der Waals surface area (Å²) in [6.07, 6.45) is 3.85. The molecular formula is C23H23ClN2O3S. The number of carbonyl (C=O) groups is 2. The molecule has 7 heteroatoms. The minimum absolute atomic E-state index is 0.0111. The van der Waals surface area contributed by atoms with Crippen molar-refractivity contribution in [3.05, 3.63) is 53.3 Å². The van der Waals surface area contributed by atoms with Crippen molar-refractivity contribution in [3.63, 3.8) is 0 Å². The van der Waals surface area contributed by atoms with Crippen LogP contribution in [0.3, 0.4) is 0 Å². The maximum absolute atomic E-state index is 12.6. The zero-order chi connectivity index (χ0) is 21.5. The molecule has 0 aliphatic heterocycles. The summed E-state index contributed by atoms with van der Waals surface area (Å²) in [5, 5.41) is 12.3. The van der Waals surface area contributed by atoms with E-state index in [1.807, 2.05) is 16.7 Å². The maximum atomic E-state index is 12.6. The molecule has 0 saturated heterocycles. The van der Waals surface area contributed by atoms with Gasteiger partial charge in [0.2, 0.25) is 0 Å². The molecule has 0 radical (unpaired) electrons. The Balaban J connectivity index is 1.72. The Kier molecular flexibility index (Phi) is 5.64. The Hall–Kier alpha value is -2.31. The first-order chi connectivity index (χ1) is 14.3. The third kappa shape index (κ3) is 4.12. The summed E-state index contributed by atoms with van der Waals surface area (Å²) < 4.78 is 1.04. The standard InChI is InChI=1S/C23H23ClN2O3S/c1-23(2,19(27)11-12-21(28)29)30-22-25-13-20(24)26(22)18-10-9-15(14-7-8-14)16-5-3-4-6-17(16)18/h3-6,9-10,13-14H,7-8,11-12H2,1-2H3,(H,28,29). The van der Waals surface area contributed by atoms with Crippen LogP contribution in [-0.2, 0) is 9.59 Å². The second-order valence-electron chi connectivity index (χ2n) is 8.12. The molecular weight excluding hydrogens is 420 g/mol. The van der Waals surface area contributed by atoms with E-state index in [2.05, 4.69) is 29.2 Å². The molecule has 0 spiro atoms. The lowest BCUT2D eigenvalue weighted by Crippen LogP contribution is -2.28. The van der Waals surface area contributed by atoms with Gasteiger partial charge in [-0.25, -0.2) is 4.98 Å². The van der Waals surface area contributed by atoms with E-state index >= 15 is 0 Å². The van der Waals surface area contributed by atoms with Crippen molar-refractivity contribution >= 4 is 45.9 Å². The first-order valence-electron chi connectivity index (χ1n) is 9.97. The second kappa shape index (κ2) is 8.08. The van der Waals surface area contributed by atoms with Crippen molar-refractivity contribution in [1.29, 1.82) is 0 Å². The Morgan fingerprint density at radius 1 is 1.17 bits per heavy atom. The Bertz CT molecular complexity index is 1130. The van der Waals surface area contributed by atoms with Crippen molar-refractivity contribution in [2.24, 2.45) is 0 Å². The highest BCUT2D eigenvalue weighted by molar-refractivity contribution is 8.01. The van der Waals surface area contributed by atoms with Gasteiger partial charge in [-0.15, -0.1) is 0 Å². The number of hydrogen-bond donors (Lipinski definition) is 1. The molecule has 0 unspecified atom stereocenters. The first kappa shape index (κ1) is 20.9. The van der Waals surface area contributed by atoms with Gasteiger partial charge in [0.15, 0.2) is 5.16 Å². The predicted octanol–water partition coefficient (Wildman–Crippen LogP) is 5.86. The molecule has 1 aliphatic carbocycles. The van der Waals surface area contributed by atoms with Gasteiger partial charge < -0.3 is 5.11 Å². The van der Waals surface area contributed by atoms with Crippen LogP contribution < -0.4 is 0 Å². The summed E-state index contributed by atoms with van der Waals surface area (Å²) in [6.45, 7) is 3.59. The zero-order valence-electron chi connectivity index (χ0n) is 16.9. The first-order valence-corrected chi connectivity index (χ1v) is 11.2. The highest BCUT2D eigenvalue weighted by atomic mass is 35.5. The largest absolute Gasteiger partial charge is 0.481 e. The minimum atomic E-state index is -0.976. The Morgan fingerprint density at radius 2 is 1.87 bits per heavy atom. The number of rotatable bonds is 8. The van der Waals surface area contributed by atoms with E-state index in [9.17, 15) is 9.59 Å². The summed E-state index contributed by atoms with van der Waals surface area (Å²) >= 11 is 7.83. The van der Waals surface area contributed by atoms with E-state index in [0.29, 0.717) is 16.2 Å². The fourth-order valence-electron chi connectivity index (χ4n) is 3.66. The Labute approximate surface area is 184 Å². The van der Waals surface area contributed by atoms with Gasteiger partial charge in [0.25, 0.3) is 0 Å². The number of carbonyl (C=O) groups excluding carboxylic acids is 1. The second-order valence-corrected chi connectivity index (χ2v) is 10.1. The van der Waals surface area contributed by atoms with Gasteiger partial charge in [0.1, 0.15) is 10.9 Å².